The van der Waals surface area contributed by atoms with Gasteiger partial charge in [-0.2, -0.15) is 0 Å². The zero-order valence-corrected chi connectivity index (χ0v) is 15.0. The second-order valence-electron chi connectivity index (χ2n) is 6.54. The Morgan fingerprint density at radius 1 is 1.23 bits per heavy atom. The fraction of sp³-hybridized carbons (Fsp3) is 0.526. The van der Waals surface area contributed by atoms with Gasteiger partial charge in [-0.05, 0) is 38.5 Å². The third kappa shape index (κ3) is 3.93. The zero-order chi connectivity index (χ0) is 19.5. The number of esters is 2. The molecule has 0 saturated heterocycles. The summed E-state index contributed by atoms with van der Waals surface area (Å²) >= 11 is 0. The maximum absolute atomic E-state index is 13.8. The topological polar surface area (TPSA) is 89.9 Å². The second kappa shape index (κ2) is 7.95. The van der Waals surface area contributed by atoms with Crippen LogP contribution in [-0.4, -0.2) is 41.6 Å². The lowest BCUT2D eigenvalue weighted by atomic mass is 9.61. The van der Waals surface area contributed by atoms with Crippen molar-refractivity contribution in [1.82, 2.24) is 0 Å². The number of halogens is 1. The monoisotopic (exact) mass is 366 g/mol. The van der Waals surface area contributed by atoms with E-state index >= 15 is 0 Å². The summed E-state index contributed by atoms with van der Waals surface area (Å²) in [7, 11) is 0. The Morgan fingerprint density at radius 2 is 1.85 bits per heavy atom. The predicted octanol–water partition coefficient (Wildman–Crippen LogP) is 1.99. The van der Waals surface area contributed by atoms with Crippen molar-refractivity contribution in [2.45, 2.75) is 38.7 Å². The van der Waals surface area contributed by atoms with Crippen LogP contribution in [0, 0.1) is 17.7 Å². The SMILES string of the molecule is CCOC(=O)C1C(=O)CC(C)(O)C(C(=O)OCC)C1c1cccc(F)c1. The molecule has 6 nitrogen and oxygen atoms in total. The lowest BCUT2D eigenvalue weighted by molar-refractivity contribution is -0.172. The molecule has 0 amide bonds. The molecule has 1 aliphatic rings. The van der Waals surface area contributed by atoms with E-state index in [4.69, 9.17) is 9.47 Å². The highest BCUT2D eigenvalue weighted by Gasteiger charge is 2.57. The highest BCUT2D eigenvalue weighted by Crippen LogP contribution is 2.46. The minimum Gasteiger partial charge on any atom is -0.466 e. The number of hydrogen-bond donors (Lipinski definition) is 1. The quantitative estimate of drug-likeness (QED) is 0.633. The summed E-state index contributed by atoms with van der Waals surface area (Å²) in [6.07, 6.45) is -0.397. The summed E-state index contributed by atoms with van der Waals surface area (Å²) in [4.78, 5) is 37.6. The zero-order valence-electron chi connectivity index (χ0n) is 15.0. The van der Waals surface area contributed by atoms with Gasteiger partial charge in [0.15, 0.2) is 5.78 Å². The molecule has 1 fully saturated rings. The van der Waals surface area contributed by atoms with Crippen molar-refractivity contribution in [1.29, 1.82) is 0 Å². The van der Waals surface area contributed by atoms with Gasteiger partial charge in [0.05, 0.1) is 24.7 Å². The van der Waals surface area contributed by atoms with Gasteiger partial charge in [0.25, 0.3) is 0 Å². The van der Waals surface area contributed by atoms with Crippen molar-refractivity contribution in [3.05, 3.63) is 35.6 Å². The Morgan fingerprint density at radius 3 is 2.42 bits per heavy atom. The van der Waals surface area contributed by atoms with Crippen LogP contribution < -0.4 is 0 Å². The Bertz CT molecular complexity index is 699. The summed E-state index contributed by atoms with van der Waals surface area (Å²) in [5, 5.41) is 10.8. The smallest absolute Gasteiger partial charge is 0.317 e. The number of carbonyl (C=O) groups is 3. The Balaban J connectivity index is 2.61. The number of aliphatic hydroxyl groups is 1. The van der Waals surface area contributed by atoms with E-state index in [1.807, 2.05) is 0 Å². The van der Waals surface area contributed by atoms with Crippen LogP contribution in [0.1, 0.15) is 38.7 Å². The second-order valence-corrected chi connectivity index (χ2v) is 6.54. The maximum Gasteiger partial charge on any atom is 0.317 e. The Hall–Kier alpha value is -2.28. The minimum atomic E-state index is -1.73. The fourth-order valence-electron chi connectivity index (χ4n) is 3.59. The number of ketones is 1. The van der Waals surface area contributed by atoms with Crippen molar-refractivity contribution in [3.8, 4) is 0 Å². The number of ether oxygens (including phenoxy) is 2. The Labute approximate surface area is 151 Å². The van der Waals surface area contributed by atoms with Gasteiger partial charge in [-0.25, -0.2) is 4.39 Å². The Kier molecular flexibility index (Phi) is 6.13. The maximum atomic E-state index is 13.8. The lowest BCUT2D eigenvalue weighted by Gasteiger charge is -2.43. The first-order chi connectivity index (χ1) is 12.2. The highest BCUT2D eigenvalue weighted by molar-refractivity contribution is 6.02. The van der Waals surface area contributed by atoms with Crippen molar-refractivity contribution in [3.63, 3.8) is 0 Å². The van der Waals surface area contributed by atoms with Crippen LogP contribution in [0.25, 0.3) is 0 Å². The van der Waals surface area contributed by atoms with Gasteiger partial charge in [0.2, 0.25) is 0 Å². The molecule has 0 radical (unpaired) electrons. The number of benzene rings is 1. The molecule has 0 aromatic heterocycles. The first-order valence-electron chi connectivity index (χ1n) is 8.56. The van der Waals surface area contributed by atoms with Gasteiger partial charge in [0.1, 0.15) is 11.7 Å². The van der Waals surface area contributed by atoms with E-state index in [0.29, 0.717) is 0 Å². The summed E-state index contributed by atoms with van der Waals surface area (Å²) in [5.74, 6) is -6.28. The van der Waals surface area contributed by atoms with Crippen molar-refractivity contribution >= 4 is 17.7 Å². The molecule has 2 rings (SSSR count). The number of Topliss-reactive ketones (excluding diaryl/α,β-unsaturated/α-hetero) is 1. The molecule has 0 spiro atoms. The minimum absolute atomic E-state index is 0.0545. The molecule has 4 atom stereocenters. The highest BCUT2D eigenvalue weighted by atomic mass is 19.1. The van der Waals surface area contributed by atoms with E-state index in [1.54, 1.807) is 13.8 Å². The van der Waals surface area contributed by atoms with E-state index in [2.05, 4.69) is 0 Å². The molecule has 1 aromatic rings. The van der Waals surface area contributed by atoms with E-state index in [9.17, 15) is 23.9 Å². The normalized spacial score (nSPS) is 28.5. The third-order valence-electron chi connectivity index (χ3n) is 4.58. The molecular weight excluding hydrogens is 343 g/mol. The van der Waals surface area contributed by atoms with Gasteiger partial charge in [-0.1, -0.05) is 12.1 Å². The van der Waals surface area contributed by atoms with Gasteiger partial charge in [0, 0.05) is 12.3 Å². The first kappa shape index (κ1) is 20.0. The van der Waals surface area contributed by atoms with Gasteiger partial charge in [-0.3, -0.25) is 14.4 Å². The molecule has 1 aromatic carbocycles. The molecule has 26 heavy (non-hydrogen) atoms. The van der Waals surface area contributed by atoms with Crippen molar-refractivity contribution in [2.75, 3.05) is 13.2 Å². The van der Waals surface area contributed by atoms with Crippen LogP contribution in [0.15, 0.2) is 24.3 Å². The molecule has 0 aliphatic heterocycles. The van der Waals surface area contributed by atoms with Crippen LogP contribution in [0.3, 0.4) is 0 Å². The summed E-state index contributed by atoms with van der Waals surface area (Å²) in [6.45, 7) is 4.68. The van der Waals surface area contributed by atoms with Gasteiger partial charge in [-0.15, -0.1) is 0 Å². The lowest BCUT2D eigenvalue weighted by Crippen LogP contribution is -2.55. The van der Waals surface area contributed by atoms with Crippen LogP contribution in [0.2, 0.25) is 0 Å². The van der Waals surface area contributed by atoms with E-state index in [0.717, 1.165) is 6.07 Å². The average Bonchev–Trinajstić information content (AvgIpc) is 2.53. The molecule has 4 unspecified atom stereocenters. The summed E-state index contributed by atoms with van der Waals surface area (Å²) in [6, 6.07) is 5.30. The third-order valence-corrected chi connectivity index (χ3v) is 4.58. The molecule has 0 bridgehead atoms. The molecule has 7 heteroatoms. The van der Waals surface area contributed by atoms with Crippen LogP contribution in [-0.2, 0) is 23.9 Å². The summed E-state index contributed by atoms with van der Waals surface area (Å²) < 4.78 is 23.9. The van der Waals surface area contributed by atoms with E-state index < -0.39 is 53.3 Å². The van der Waals surface area contributed by atoms with Crippen LogP contribution in [0.5, 0.6) is 0 Å². The van der Waals surface area contributed by atoms with Gasteiger partial charge < -0.3 is 14.6 Å². The number of rotatable bonds is 5. The van der Waals surface area contributed by atoms with E-state index in [1.165, 1.54) is 25.1 Å². The average molecular weight is 366 g/mol. The van der Waals surface area contributed by atoms with Crippen LogP contribution >= 0.6 is 0 Å². The van der Waals surface area contributed by atoms with Gasteiger partial charge >= 0.3 is 11.9 Å². The van der Waals surface area contributed by atoms with Crippen molar-refractivity contribution in [2.24, 2.45) is 11.8 Å². The molecule has 1 N–H and O–H groups in total. The van der Waals surface area contributed by atoms with Crippen molar-refractivity contribution < 1.29 is 33.4 Å². The molecule has 0 heterocycles. The fourth-order valence-corrected chi connectivity index (χ4v) is 3.59. The van der Waals surface area contributed by atoms with E-state index in [-0.39, 0.29) is 18.8 Å². The molecule has 1 aliphatic carbocycles. The largest absolute Gasteiger partial charge is 0.466 e. The number of hydrogen-bond acceptors (Lipinski definition) is 6. The molecule has 142 valence electrons. The molecular formula is C19H23FO6. The number of carbonyl (C=O) groups excluding carboxylic acids is 3. The summed E-state index contributed by atoms with van der Waals surface area (Å²) in [5.41, 5.74) is -1.47. The first-order valence-corrected chi connectivity index (χ1v) is 8.56. The standard InChI is InChI=1S/C19H23FO6/c1-4-25-17(22)15-13(21)10-19(3,24)16(18(23)26-5-2)14(15)11-7-6-8-12(20)9-11/h6-9,14-16,24H,4-5,10H2,1-3H3. The van der Waals surface area contributed by atoms with Crippen LogP contribution in [0.4, 0.5) is 4.39 Å². The predicted molar refractivity (Wildman–Crippen MR) is 89.6 cm³/mol. The molecule has 1 saturated carbocycles.